The molecule has 1 aliphatic heterocycles. The van der Waals surface area contributed by atoms with Crippen molar-refractivity contribution in [1.82, 2.24) is 0 Å². The fourth-order valence-corrected chi connectivity index (χ4v) is 2.44. The molecule has 0 radical (unpaired) electrons. The Balaban J connectivity index is 2.75. The standard InChI is InChI=1S/C13H24O4/c1-3-6-11(12(14)17-4-2)13(15)7-5-9-16-10-8-13/h11,15H,3-10H2,1-2H3. The molecular weight excluding hydrogens is 220 g/mol. The van der Waals surface area contributed by atoms with E-state index < -0.39 is 11.5 Å². The highest BCUT2D eigenvalue weighted by molar-refractivity contribution is 5.73. The van der Waals surface area contributed by atoms with Crippen LogP contribution in [0.3, 0.4) is 0 Å². The fraction of sp³-hybridized carbons (Fsp3) is 0.923. The monoisotopic (exact) mass is 244 g/mol. The fourth-order valence-electron chi connectivity index (χ4n) is 2.44. The maximum Gasteiger partial charge on any atom is 0.311 e. The van der Waals surface area contributed by atoms with Gasteiger partial charge >= 0.3 is 5.97 Å². The summed E-state index contributed by atoms with van der Waals surface area (Å²) in [5, 5.41) is 10.7. The average molecular weight is 244 g/mol. The molecule has 4 heteroatoms. The van der Waals surface area contributed by atoms with E-state index in [1.807, 2.05) is 6.92 Å². The Bertz CT molecular complexity index is 232. The minimum atomic E-state index is -0.946. The van der Waals surface area contributed by atoms with E-state index in [1.54, 1.807) is 6.92 Å². The van der Waals surface area contributed by atoms with Gasteiger partial charge in [-0.15, -0.1) is 0 Å². The summed E-state index contributed by atoms with van der Waals surface area (Å²) >= 11 is 0. The lowest BCUT2D eigenvalue weighted by Crippen LogP contribution is -2.43. The molecule has 0 aliphatic carbocycles. The summed E-state index contributed by atoms with van der Waals surface area (Å²) in [6, 6.07) is 0. The zero-order chi connectivity index (χ0) is 12.7. The molecule has 0 aromatic heterocycles. The molecule has 100 valence electrons. The summed E-state index contributed by atoms with van der Waals surface area (Å²) in [5.74, 6) is -0.673. The van der Waals surface area contributed by atoms with Gasteiger partial charge in [0.2, 0.25) is 0 Å². The molecule has 0 saturated carbocycles. The minimum Gasteiger partial charge on any atom is -0.466 e. The third kappa shape index (κ3) is 3.96. The van der Waals surface area contributed by atoms with Gasteiger partial charge in [0.05, 0.1) is 18.1 Å². The van der Waals surface area contributed by atoms with Gasteiger partial charge in [-0.3, -0.25) is 4.79 Å². The van der Waals surface area contributed by atoms with Gasteiger partial charge in [0.25, 0.3) is 0 Å². The molecular formula is C13H24O4. The highest BCUT2D eigenvalue weighted by Crippen LogP contribution is 2.33. The van der Waals surface area contributed by atoms with E-state index in [2.05, 4.69) is 0 Å². The number of esters is 1. The van der Waals surface area contributed by atoms with Crippen LogP contribution in [0.25, 0.3) is 0 Å². The van der Waals surface area contributed by atoms with Crippen LogP contribution in [0.5, 0.6) is 0 Å². The van der Waals surface area contributed by atoms with Crippen LogP contribution in [-0.2, 0) is 14.3 Å². The second-order valence-electron chi connectivity index (χ2n) is 4.66. The number of aliphatic hydroxyl groups is 1. The Kier molecular flexibility index (Phi) is 5.92. The first-order valence-corrected chi connectivity index (χ1v) is 6.60. The van der Waals surface area contributed by atoms with Gasteiger partial charge in [0.15, 0.2) is 0 Å². The summed E-state index contributed by atoms with van der Waals surface area (Å²) in [7, 11) is 0. The average Bonchev–Trinajstić information content (AvgIpc) is 2.52. The van der Waals surface area contributed by atoms with E-state index in [-0.39, 0.29) is 5.97 Å². The van der Waals surface area contributed by atoms with Crippen molar-refractivity contribution in [2.24, 2.45) is 5.92 Å². The van der Waals surface area contributed by atoms with E-state index in [9.17, 15) is 9.90 Å². The highest BCUT2D eigenvalue weighted by atomic mass is 16.5. The zero-order valence-electron chi connectivity index (χ0n) is 10.9. The summed E-state index contributed by atoms with van der Waals surface area (Å²) in [6.07, 6.45) is 3.49. The van der Waals surface area contributed by atoms with Crippen molar-refractivity contribution >= 4 is 5.97 Å². The second-order valence-corrected chi connectivity index (χ2v) is 4.66. The van der Waals surface area contributed by atoms with Crippen molar-refractivity contribution in [2.75, 3.05) is 19.8 Å². The van der Waals surface area contributed by atoms with E-state index in [0.29, 0.717) is 39.1 Å². The molecule has 1 aliphatic rings. The van der Waals surface area contributed by atoms with E-state index in [4.69, 9.17) is 9.47 Å². The summed E-state index contributed by atoms with van der Waals surface area (Å²) < 4.78 is 10.4. The number of carbonyl (C=O) groups is 1. The topological polar surface area (TPSA) is 55.8 Å². The number of hydrogen-bond donors (Lipinski definition) is 1. The Morgan fingerprint density at radius 3 is 2.82 bits per heavy atom. The zero-order valence-corrected chi connectivity index (χ0v) is 10.9. The maximum absolute atomic E-state index is 11.9. The smallest absolute Gasteiger partial charge is 0.311 e. The molecule has 0 spiro atoms. The van der Waals surface area contributed by atoms with Crippen molar-refractivity contribution < 1.29 is 19.4 Å². The van der Waals surface area contributed by atoms with Gasteiger partial charge in [-0.2, -0.15) is 0 Å². The van der Waals surface area contributed by atoms with Crippen molar-refractivity contribution in [3.8, 4) is 0 Å². The Labute approximate surface area is 103 Å². The third-order valence-electron chi connectivity index (χ3n) is 3.37. The first-order chi connectivity index (χ1) is 8.14. The lowest BCUT2D eigenvalue weighted by atomic mass is 9.79. The largest absolute Gasteiger partial charge is 0.466 e. The number of carbonyl (C=O) groups excluding carboxylic acids is 1. The lowest BCUT2D eigenvalue weighted by molar-refractivity contribution is -0.160. The normalized spacial score (nSPS) is 27.2. The van der Waals surface area contributed by atoms with Crippen LogP contribution in [0.1, 0.15) is 46.0 Å². The molecule has 1 rings (SSSR count). The Hall–Kier alpha value is -0.610. The van der Waals surface area contributed by atoms with Crippen LogP contribution in [0.15, 0.2) is 0 Å². The van der Waals surface area contributed by atoms with E-state index in [1.165, 1.54) is 0 Å². The first-order valence-electron chi connectivity index (χ1n) is 6.60. The Morgan fingerprint density at radius 2 is 2.18 bits per heavy atom. The summed E-state index contributed by atoms with van der Waals surface area (Å²) in [4.78, 5) is 11.9. The van der Waals surface area contributed by atoms with Crippen molar-refractivity contribution in [2.45, 2.75) is 51.6 Å². The minimum absolute atomic E-state index is 0.265. The molecule has 2 atom stereocenters. The number of ether oxygens (including phenoxy) is 2. The maximum atomic E-state index is 11.9. The quantitative estimate of drug-likeness (QED) is 0.750. The molecule has 2 unspecified atom stereocenters. The van der Waals surface area contributed by atoms with Crippen LogP contribution in [0, 0.1) is 5.92 Å². The molecule has 0 bridgehead atoms. The molecule has 1 heterocycles. The van der Waals surface area contributed by atoms with Crippen molar-refractivity contribution in [3.63, 3.8) is 0 Å². The summed E-state index contributed by atoms with van der Waals surface area (Å²) in [5.41, 5.74) is -0.946. The Morgan fingerprint density at radius 1 is 1.41 bits per heavy atom. The number of rotatable bonds is 5. The predicted octanol–water partition coefficient (Wildman–Crippen LogP) is 1.90. The first kappa shape index (κ1) is 14.5. The van der Waals surface area contributed by atoms with Crippen molar-refractivity contribution in [1.29, 1.82) is 0 Å². The van der Waals surface area contributed by atoms with Gasteiger partial charge in [-0.05, 0) is 26.2 Å². The molecule has 0 amide bonds. The summed E-state index contributed by atoms with van der Waals surface area (Å²) in [6.45, 7) is 5.37. The third-order valence-corrected chi connectivity index (χ3v) is 3.37. The van der Waals surface area contributed by atoms with Gasteiger partial charge in [0, 0.05) is 19.6 Å². The van der Waals surface area contributed by atoms with Crippen LogP contribution >= 0.6 is 0 Å². The predicted molar refractivity (Wildman–Crippen MR) is 64.7 cm³/mol. The van der Waals surface area contributed by atoms with Crippen molar-refractivity contribution in [3.05, 3.63) is 0 Å². The number of hydrogen-bond acceptors (Lipinski definition) is 4. The molecule has 4 nitrogen and oxygen atoms in total. The van der Waals surface area contributed by atoms with Gasteiger partial charge in [-0.25, -0.2) is 0 Å². The molecule has 17 heavy (non-hydrogen) atoms. The van der Waals surface area contributed by atoms with Crippen LogP contribution in [0.4, 0.5) is 0 Å². The van der Waals surface area contributed by atoms with Gasteiger partial charge in [0.1, 0.15) is 0 Å². The van der Waals surface area contributed by atoms with Gasteiger partial charge in [-0.1, -0.05) is 13.3 Å². The highest BCUT2D eigenvalue weighted by Gasteiger charge is 2.41. The van der Waals surface area contributed by atoms with Crippen LogP contribution in [-0.4, -0.2) is 36.5 Å². The second kappa shape index (κ2) is 6.97. The molecule has 0 aromatic carbocycles. The van der Waals surface area contributed by atoms with Gasteiger partial charge < -0.3 is 14.6 Å². The molecule has 1 fully saturated rings. The van der Waals surface area contributed by atoms with E-state index in [0.717, 1.165) is 12.8 Å². The molecule has 0 aromatic rings. The van der Waals surface area contributed by atoms with Crippen LogP contribution in [0.2, 0.25) is 0 Å². The molecule has 1 saturated heterocycles. The SMILES string of the molecule is CCCC(C(=O)OCC)C1(O)CCCOCC1. The molecule has 1 N–H and O–H groups in total. The van der Waals surface area contributed by atoms with Crippen LogP contribution < -0.4 is 0 Å². The lowest BCUT2D eigenvalue weighted by Gasteiger charge is -2.33. The van der Waals surface area contributed by atoms with E-state index >= 15 is 0 Å².